The zero-order chi connectivity index (χ0) is 16.5. The van der Waals surface area contributed by atoms with Crippen molar-refractivity contribution in [1.29, 1.82) is 0 Å². The molecule has 1 aromatic carbocycles. The highest BCUT2D eigenvalue weighted by Crippen LogP contribution is 2.22. The summed E-state index contributed by atoms with van der Waals surface area (Å²) < 4.78 is 5.13. The molecular weight excluding hydrogens is 280 g/mol. The van der Waals surface area contributed by atoms with Gasteiger partial charge in [-0.3, -0.25) is 9.59 Å². The lowest BCUT2D eigenvalue weighted by Crippen LogP contribution is -2.35. The maximum absolute atomic E-state index is 12.0. The molecule has 0 heterocycles. The molecule has 0 fully saturated rings. The second-order valence-electron chi connectivity index (χ2n) is 4.48. The van der Waals surface area contributed by atoms with E-state index in [0.29, 0.717) is 17.1 Å². The maximum atomic E-state index is 12.0. The molecule has 0 radical (unpaired) electrons. The van der Waals surface area contributed by atoms with Gasteiger partial charge in [0.2, 0.25) is 0 Å². The number of para-hydroxylation sites is 2. The Morgan fingerprint density at radius 1 is 1.14 bits per heavy atom. The van der Waals surface area contributed by atoms with Gasteiger partial charge in [-0.05, 0) is 38.0 Å². The van der Waals surface area contributed by atoms with Crippen molar-refractivity contribution in [3.63, 3.8) is 0 Å². The zero-order valence-electron chi connectivity index (χ0n) is 13.4. The van der Waals surface area contributed by atoms with Gasteiger partial charge >= 0.3 is 11.8 Å². The number of allylic oxidation sites excluding steroid dienone is 3. The fourth-order valence-corrected chi connectivity index (χ4v) is 1.99. The van der Waals surface area contributed by atoms with Crippen LogP contribution in [0.15, 0.2) is 47.7 Å². The van der Waals surface area contributed by atoms with E-state index in [2.05, 4.69) is 10.6 Å². The molecule has 0 unspecified atom stereocenters. The van der Waals surface area contributed by atoms with Crippen molar-refractivity contribution in [3.05, 3.63) is 47.7 Å². The summed E-state index contributed by atoms with van der Waals surface area (Å²) in [7, 11) is 1.50. The van der Waals surface area contributed by atoms with Crippen LogP contribution in [0.4, 0.5) is 5.69 Å². The average Bonchev–Trinajstić information content (AvgIpc) is 2.55. The van der Waals surface area contributed by atoms with E-state index >= 15 is 0 Å². The number of hydrogen-bond acceptors (Lipinski definition) is 3. The Kier molecular flexibility index (Phi) is 6.89. The molecule has 0 bridgehead atoms. The topological polar surface area (TPSA) is 67.4 Å². The molecule has 118 valence electrons. The SMILES string of the molecule is C/C=C(CC)\C(=C/C)NC(=O)C(=O)Nc1ccccc1OC. The molecule has 5 heteroatoms. The van der Waals surface area contributed by atoms with Gasteiger partial charge in [-0.1, -0.05) is 31.2 Å². The Hall–Kier alpha value is -2.56. The molecule has 2 amide bonds. The number of hydrogen-bond donors (Lipinski definition) is 2. The summed E-state index contributed by atoms with van der Waals surface area (Å²) in [5.41, 5.74) is 2.07. The van der Waals surface area contributed by atoms with Gasteiger partial charge in [0.25, 0.3) is 0 Å². The van der Waals surface area contributed by atoms with Crippen LogP contribution < -0.4 is 15.4 Å². The number of methoxy groups -OCH3 is 1. The first-order valence-corrected chi connectivity index (χ1v) is 7.14. The number of nitrogens with one attached hydrogen (secondary N) is 2. The van der Waals surface area contributed by atoms with Gasteiger partial charge in [-0.15, -0.1) is 0 Å². The molecule has 0 saturated carbocycles. The quantitative estimate of drug-likeness (QED) is 0.649. The second kappa shape index (κ2) is 8.67. The van der Waals surface area contributed by atoms with Gasteiger partial charge in [0.15, 0.2) is 0 Å². The van der Waals surface area contributed by atoms with E-state index in [-0.39, 0.29) is 0 Å². The smallest absolute Gasteiger partial charge is 0.314 e. The third-order valence-corrected chi connectivity index (χ3v) is 3.17. The van der Waals surface area contributed by atoms with Crippen LogP contribution in [-0.2, 0) is 9.59 Å². The molecule has 0 aromatic heterocycles. The van der Waals surface area contributed by atoms with Crippen molar-refractivity contribution in [2.75, 3.05) is 12.4 Å². The Morgan fingerprint density at radius 2 is 1.82 bits per heavy atom. The molecule has 0 aliphatic carbocycles. The van der Waals surface area contributed by atoms with Crippen molar-refractivity contribution in [1.82, 2.24) is 5.32 Å². The number of carbonyl (C=O) groups excluding carboxylic acids is 2. The highest BCUT2D eigenvalue weighted by atomic mass is 16.5. The lowest BCUT2D eigenvalue weighted by Gasteiger charge is -2.13. The molecule has 0 spiro atoms. The standard InChI is InChI=1S/C17H22N2O3/c1-5-12(6-2)13(7-3)18-16(20)17(21)19-14-10-8-9-11-15(14)22-4/h5,7-11H,6H2,1-4H3,(H,18,20)(H,19,21)/b12-5-,13-7+. The van der Waals surface area contributed by atoms with Crippen LogP contribution in [0.1, 0.15) is 27.2 Å². The van der Waals surface area contributed by atoms with E-state index in [9.17, 15) is 9.59 Å². The number of benzene rings is 1. The van der Waals surface area contributed by atoms with E-state index in [1.807, 2.05) is 26.8 Å². The molecule has 0 atom stereocenters. The molecule has 2 N–H and O–H groups in total. The van der Waals surface area contributed by atoms with E-state index in [4.69, 9.17) is 4.74 Å². The lowest BCUT2D eigenvalue weighted by atomic mass is 10.1. The summed E-state index contributed by atoms with van der Waals surface area (Å²) in [5.74, 6) is -0.958. The summed E-state index contributed by atoms with van der Waals surface area (Å²) in [4.78, 5) is 24.0. The Labute approximate surface area is 131 Å². The van der Waals surface area contributed by atoms with E-state index in [0.717, 1.165) is 12.0 Å². The maximum Gasteiger partial charge on any atom is 0.314 e. The van der Waals surface area contributed by atoms with Gasteiger partial charge < -0.3 is 15.4 Å². The van der Waals surface area contributed by atoms with Crippen LogP contribution in [0.3, 0.4) is 0 Å². The monoisotopic (exact) mass is 302 g/mol. The molecular formula is C17H22N2O3. The van der Waals surface area contributed by atoms with Crippen molar-refractivity contribution in [2.24, 2.45) is 0 Å². The van der Waals surface area contributed by atoms with Crippen LogP contribution in [0.5, 0.6) is 5.75 Å². The first-order chi connectivity index (χ1) is 10.6. The fraction of sp³-hybridized carbons (Fsp3) is 0.294. The van der Waals surface area contributed by atoms with E-state index in [1.165, 1.54) is 7.11 Å². The van der Waals surface area contributed by atoms with Gasteiger partial charge in [0, 0.05) is 5.70 Å². The lowest BCUT2D eigenvalue weighted by molar-refractivity contribution is -0.135. The zero-order valence-corrected chi connectivity index (χ0v) is 13.4. The number of ether oxygens (including phenoxy) is 1. The Balaban J connectivity index is 2.79. The molecule has 1 rings (SSSR count). The summed E-state index contributed by atoms with van der Waals surface area (Å²) in [6.07, 6.45) is 4.45. The molecule has 0 saturated heterocycles. The highest BCUT2D eigenvalue weighted by Gasteiger charge is 2.17. The molecule has 22 heavy (non-hydrogen) atoms. The fourth-order valence-electron chi connectivity index (χ4n) is 1.99. The first-order valence-electron chi connectivity index (χ1n) is 7.14. The van der Waals surface area contributed by atoms with Crippen molar-refractivity contribution < 1.29 is 14.3 Å². The minimum atomic E-state index is -0.740. The Morgan fingerprint density at radius 3 is 2.36 bits per heavy atom. The third kappa shape index (κ3) is 4.48. The summed E-state index contributed by atoms with van der Waals surface area (Å²) in [6, 6.07) is 6.92. The van der Waals surface area contributed by atoms with Crippen LogP contribution in [0.25, 0.3) is 0 Å². The number of amides is 2. The Bertz CT molecular complexity index is 604. The van der Waals surface area contributed by atoms with E-state index in [1.54, 1.807) is 30.3 Å². The number of anilines is 1. The van der Waals surface area contributed by atoms with Gasteiger partial charge in [0.05, 0.1) is 12.8 Å². The van der Waals surface area contributed by atoms with E-state index < -0.39 is 11.8 Å². The number of carbonyl (C=O) groups is 2. The highest BCUT2D eigenvalue weighted by molar-refractivity contribution is 6.40. The molecule has 1 aromatic rings. The van der Waals surface area contributed by atoms with Gasteiger partial charge in [-0.25, -0.2) is 0 Å². The van der Waals surface area contributed by atoms with Crippen LogP contribution in [0.2, 0.25) is 0 Å². The minimum absolute atomic E-state index is 0.453. The summed E-state index contributed by atoms with van der Waals surface area (Å²) in [6.45, 7) is 5.69. The van der Waals surface area contributed by atoms with Gasteiger partial charge in [0.1, 0.15) is 5.75 Å². The largest absolute Gasteiger partial charge is 0.495 e. The molecule has 0 aliphatic rings. The predicted molar refractivity (Wildman–Crippen MR) is 87.6 cm³/mol. The summed E-state index contributed by atoms with van der Waals surface area (Å²) in [5, 5.41) is 5.17. The average molecular weight is 302 g/mol. The normalized spacial score (nSPS) is 11.8. The summed E-state index contributed by atoms with van der Waals surface area (Å²) >= 11 is 0. The molecule has 5 nitrogen and oxygen atoms in total. The third-order valence-electron chi connectivity index (χ3n) is 3.17. The first kappa shape index (κ1) is 17.5. The van der Waals surface area contributed by atoms with Gasteiger partial charge in [-0.2, -0.15) is 0 Å². The van der Waals surface area contributed by atoms with Crippen LogP contribution in [-0.4, -0.2) is 18.9 Å². The molecule has 0 aliphatic heterocycles. The predicted octanol–water partition coefficient (Wildman–Crippen LogP) is 3.01. The van der Waals surface area contributed by atoms with Crippen molar-refractivity contribution in [3.8, 4) is 5.75 Å². The van der Waals surface area contributed by atoms with Crippen molar-refractivity contribution >= 4 is 17.5 Å². The number of rotatable bonds is 5. The van der Waals surface area contributed by atoms with Crippen LogP contribution >= 0.6 is 0 Å². The van der Waals surface area contributed by atoms with Crippen LogP contribution in [0, 0.1) is 0 Å². The van der Waals surface area contributed by atoms with Crippen molar-refractivity contribution in [2.45, 2.75) is 27.2 Å². The second-order valence-corrected chi connectivity index (χ2v) is 4.48. The minimum Gasteiger partial charge on any atom is -0.495 e.